The molecular formula is C15H26N6. The van der Waals surface area contributed by atoms with Crippen molar-refractivity contribution in [2.75, 3.05) is 6.54 Å². The Labute approximate surface area is 126 Å². The van der Waals surface area contributed by atoms with Crippen LogP contribution in [0.5, 0.6) is 0 Å². The lowest BCUT2D eigenvalue weighted by Gasteiger charge is -2.09. The Morgan fingerprint density at radius 3 is 2.71 bits per heavy atom. The lowest BCUT2D eigenvalue weighted by atomic mass is 10.2. The molecule has 2 heterocycles. The van der Waals surface area contributed by atoms with Crippen molar-refractivity contribution >= 4 is 0 Å². The predicted molar refractivity (Wildman–Crippen MR) is 82.9 cm³/mol. The van der Waals surface area contributed by atoms with Gasteiger partial charge in [-0.3, -0.25) is 4.68 Å². The molecule has 0 unspecified atom stereocenters. The van der Waals surface area contributed by atoms with Gasteiger partial charge in [-0.2, -0.15) is 10.2 Å². The molecule has 0 bridgehead atoms. The van der Waals surface area contributed by atoms with Gasteiger partial charge in [0.05, 0.1) is 12.2 Å². The zero-order chi connectivity index (χ0) is 15.2. The second-order valence-corrected chi connectivity index (χ2v) is 5.93. The molecule has 0 saturated carbocycles. The average Bonchev–Trinajstić information content (AvgIpc) is 2.95. The molecule has 2 rings (SSSR count). The van der Waals surface area contributed by atoms with Crippen molar-refractivity contribution in [1.29, 1.82) is 0 Å². The molecule has 6 heteroatoms. The summed E-state index contributed by atoms with van der Waals surface area (Å²) in [5.41, 5.74) is 2.31. The van der Waals surface area contributed by atoms with Crippen molar-refractivity contribution in [2.45, 2.75) is 53.8 Å². The quantitative estimate of drug-likeness (QED) is 0.755. The molecule has 0 aliphatic rings. The van der Waals surface area contributed by atoms with Gasteiger partial charge in [0.2, 0.25) is 0 Å². The van der Waals surface area contributed by atoms with Gasteiger partial charge in [0.25, 0.3) is 0 Å². The van der Waals surface area contributed by atoms with E-state index in [9.17, 15) is 0 Å². The zero-order valence-corrected chi connectivity index (χ0v) is 13.5. The first-order valence-electron chi connectivity index (χ1n) is 7.64. The predicted octanol–water partition coefficient (Wildman–Crippen LogP) is 1.93. The van der Waals surface area contributed by atoms with Gasteiger partial charge >= 0.3 is 0 Å². The molecule has 6 nitrogen and oxygen atoms in total. The van der Waals surface area contributed by atoms with Crippen molar-refractivity contribution in [1.82, 2.24) is 29.9 Å². The summed E-state index contributed by atoms with van der Waals surface area (Å²) in [5, 5.41) is 12.2. The van der Waals surface area contributed by atoms with E-state index >= 15 is 0 Å². The first-order valence-corrected chi connectivity index (χ1v) is 7.64. The van der Waals surface area contributed by atoms with E-state index in [2.05, 4.69) is 52.0 Å². The molecule has 0 aliphatic carbocycles. The second kappa shape index (κ2) is 7.36. The molecule has 1 N–H and O–H groups in total. The molecule has 0 atom stereocenters. The van der Waals surface area contributed by atoms with Gasteiger partial charge in [-0.05, 0) is 38.8 Å². The lowest BCUT2D eigenvalue weighted by Crippen LogP contribution is -2.21. The summed E-state index contributed by atoms with van der Waals surface area (Å²) in [6.45, 7) is 12.1. The number of rotatable bonds is 8. The minimum absolute atomic E-state index is 0.580. The molecule has 2 aromatic heterocycles. The fourth-order valence-electron chi connectivity index (χ4n) is 2.38. The maximum atomic E-state index is 4.47. The van der Waals surface area contributed by atoms with Gasteiger partial charge in [-0.15, -0.1) is 0 Å². The van der Waals surface area contributed by atoms with E-state index in [1.165, 1.54) is 5.69 Å². The Morgan fingerprint density at radius 1 is 1.24 bits per heavy atom. The Hall–Kier alpha value is -1.69. The lowest BCUT2D eigenvalue weighted by molar-refractivity contribution is 0.454. The number of nitrogens with one attached hydrogen (secondary N) is 1. The Balaban J connectivity index is 1.70. The smallest absolute Gasteiger partial charge is 0.140 e. The number of nitrogens with zero attached hydrogens (tertiary/aromatic N) is 5. The summed E-state index contributed by atoms with van der Waals surface area (Å²) in [6, 6.07) is 2.11. The summed E-state index contributed by atoms with van der Waals surface area (Å²) in [7, 11) is 0. The third kappa shape index (κ3) is 4.67. The first-order chi connectivity index (χ1) is 10.1. The Morgan fingerprint density at radius 2 is 2.05 bits per heavy atom. The van der Waals surface area contributed by atoms with Crippen molar-refractivity contribution in [3.8, 4) is 0 Å². The molecule has 0 spiro atoms. The van der Waals surface area contributed by atoms with E-state index in [4.69, 9.17) is 0 Å². The highest BCUT2D eigenvalue weighted by molar-refractivity contribution is 5.06. The highest BCUT2D eigenvalue weighted by Gasteiger charge is 2.05. The van der Waals surface area contributed by atoms with Crippen molar-refractivity contribution in [3.05, 3.63) is 29.6 Å². The van der Waals surface area contributed by atoms with Crippen LogP contribution in [0.2, 0.25) is 0 Å². The summed E-state index contributed by atoms with van der Waals surface area (Å²) in [6.07, 6.45) is 2.69. The highest BCUT2D eigenvalue weighted by atomic mass is 15.3. The van der Waals surface area contributed by atoms with Gasteiger partial charge in [-0.25, -0.2) is 9.67 Å². The van der Waals surface area contributed by atoms with E-state index in [0.29, 0.717) is 5.92 Å². The molecule has 0 saturated heterocycles. The van der Waals surface area contributed by atoms with Crippen LogP contribution in [0.25, 0.3) is 0 Å². The zero-order valence-electron chi connectivity index (χ0n) is 13.5. The van der Waals surface area contributed by atoms with Gasteiger partial charge in [0, 0.05) is 18.8 Å². The number of hydrogen-bond acceptors (Lipinski definition) is 4. The SMILES string of the molecule is Cc1cc(C)n(CCCNCc2ncnn2CC(C)C)n1. The van der Waals surface area contributed by atoms with E-state index in [-0.39, 0.29) is 0 Å². The van der Waals surface area contributed by atoms with Crippen LogP contribution in [0, 0.1) is 19.8 Å². The van der Waals surface area contributed by atoms with Gasteiger partial charge in [-0.1, -0.05) is 13.8 Å². The Kier molecular flexibility index (Phi) is 5.50. The fourth-order valence-corrected chi connectivity index (χ4v) is 2.38. The summed E-state index contributed by atoms with van der Waals surface area (Å²) in [5.74, 6) is 1.59. The van der Waals surface area contributed by atoms with Crippen LogP contribution in [0.1, 0.15) is 37.5 Å². The minimum atomic E-state index is 0.580. The van der Waals surface area contributed by atoms with Crippen molar-refractivity contribution in [2.24, 2.45) is 5.92 Å². The van der Waals surface area contributed by atoms with E-state index < -0.39 is 0 Å². The van der Waals surface area contributed by atoms with Gasteiger partial charge in [0.1, 0.15) is 12.2 Å². The fraction of sp³-hybridized carbons (Fsp3) is 0.667. The Bertz CT molecular complexity index is 554. The van der Waals surface area contributed by atoms with Crippen LogP contribution < -0.4 is 5.32 Å². The van der Waals surface area contributed by atoms with Crippen LogP contribution in [-0.2, 0) is 19.6 Å². The van der Waals surface area contributed by atoms with Gasteiger partial charge < -0.3 is 5.32 Å². The monoisotopic (exact) mass is 290 g/mol. The average molecular weight is 290 g/mol. The van der Waals surface area contributed by atoms with Crippen LogP contribution in [0.4, 0.5) is 0 Å². The molecule has 0 amide bonds. The molecule has 2 aromatic rings. The molecule has 116 valence electrons. The van der Waals surface area contributed by atoms with E-state index in [1.807, 2.05) is 11.6 Å². The summed E-state index contributed by atoms with van der Waals surface area (Å²) >= 11 is 0. The van der Waals surface area contributed by atoms with Crippen LogP contribution in [0.15, 0.2) is 12.4 Å². The van der Waals surface area contributed by atoms with Crippen molar-refractivity contribution < 1.29 is 0 Å². The second-order valence-electron chi connectivity index (χ2n) is 5.93. The summed E-state index contributed by atoms with van der Waals surface area (Å²) < 4.78 is 4.05. The molecule has 0 radical (unpaired) electrons. The summed E-state index contributed by atoms with van der Waals surface area (Å²) in [4.78, 5) is 4.31. The third-order valence-corrected chi connectivity index (χ3v) is 3.34. The standard InChI is InChI=1S/C15H26N6/c1-12(2)10-21-15(17-11-18-21)9-16-6-5-7-20-14(4)8-13(3)19-20/h8,11-12,16H,5-7,9-10H2,1-4H3. The normalized spacial score (nSPS) is 11.5. The molecule has 21 heavy (non-hydrogen) atoms. The maximum Gasteiger partial charge on any atom is 0.140 e. The third-order valence-electron chi connectivity index (χ3n) is 3.34. The van der Waals surface area contributed by atoms with Crippen LogP contribution in [0.3, 0.4) is 0 Å². The number of aryl methyl sites for hydroxylation is 3. The highest BCUT2D eigenvalue weighted by Crippen LogP contribution is 2.03. The minimum Gasteiger partial charge on any atom is -0.310 e. The maximum absolute atomic E-state index is 4.47. The molecule has 0 aliphatic heterocycles. The van der Waals surface area contributed by atoms with Crippen LogP contribution >= 0.6 is 0 Å². The van der Waals surface area contributed by atoms with Crippen LogP contribution in [-0.4, -0.2) is 31.1 Å². The van der Waals surface area contributed by atoms with Crippen molar-refractivity contribution in [3.63, 3.8) is 0 Å². The van der Waals surface area contributed by atoms with E-state index in [0.717, 1.165) is 44.1 Å². The number of aromatic nitrogens is 5. The number of hydrogen-bond donors (Lipinski definition) is 1. The molecule has 0 fully saturated rings. The molecular weight excluding hydrogens is 264 g/mol. The largest absolute Gasteiger partial charge is 0.310 e. The van der Waals surface area contributed by atoms with Gasteiger partial charge in [0.15, 0.2) is 0 Å². The first kappa shape index (κ1) is 15.7. The molecule has 0 aromatic carbocycles. The topological polar surface area (TPSA) is 60.6 Å². The van der Waals surface area contributed by atoms with E-state index in [1.54, 1.807) is 6.33 Å².